The molecule has 78 valence electrons. The SMILES string of the molecule is CC(O)CCCNCc1ccncc1. The van der Waals surface area contributed by atoms with Crippen LogP contribution in [0.1, 0.15) is 25.3 Å². The predicted octanol–water partition coefficient (Wildman–Crippen LogP) is 1.33. The molecule has 0 radical (unpaired) electrons. The van der Waals surface area contributed by atoms with Gasteiger partial charge < -0.3 is 10.4 Å². The summed E-state index contributed by atoms with van der Waals surface area (Å²) >= 11 is 0. The summed E-state index contributed by atoms with van der Waals surface area (Å²) in [7, 11) is 0. The first-order chi connectivity index (χ1) is 6.79. The van der Waals surface area contributed by atoms with Gasteiger partial charge in [-0.25, -0.2) is 0 Å². The standard InChI is InChI=1S/C11H18N2O/c1-10(14)3-2-6-13-9-11-4-7-12-8-5-11/h4-5,7-8,10,13-14H,2-3,6,9H2,1H3. The summed E-state index contributed by atoms with van der Waals surface area (Å²) in [5, 5.41) is 12.4. The van der Waals surface area contributed by atoms with E-state index in [1.165, 1.54) is 5.56 Å². The van der Waals surface area contributed by atoms with Crippen molar-refractivity contribution in [1.82, 2.24) is 10.3 Å². The summed E-state index contributed by atoms with van der Waals surface area (Å²) in [5.41, 5.74) is 1.25. The molecule has 0 aliphatic rings. The molecular weight excluding hydrogens is 176 g/mol. The van der Waals surface area contributed by atoms with E-state index >= 15 is 0 Å². The Balaban J connectivity index is 2.05. The topological polar surface area (TPSA) is 45.1 Å². The molecule has 3 nitrogen and oxygen atoms in total. The zero-order valence-electron chi connectivity index (χ0n) is 8.61. The maximum absolute atomic E-state index is 9.03. The number of aromatic nitrogens is 1. The zero-order chi connectivity index (χ0) is 10.2. The monoisotopic (exact) mass is 194 g/mol. The summed E-state index contributed by atoms with van der Waals surface area (Å²) in [6.45, 7) is 3.65. The van der Waals surface area contributed by atoms with Crippen molar-refractivity contribution in [3.05, 3.63) is 30.1 Å². The first-order valence-corrected chi connectivity index (χ1v) is 5.06. The number of aliphatic hydroxyl groups excluding tert-OH is 1. The molecule has 14 heavy (non-hydrogen) atoms. The first-order valence-electron chi connectivity index (χ1n) is 5.06. The fraction of sp³-hybridized carbons (Fsp3) is 0.545. The normalized spacial score (nSPS) is 12.7. The van der Waals surface area contributed by atoms with Gasteiger partial charge in [-0.05, 0) is 44.0 Å². The molecule has 0 amide bonds. The van der Waals surface area contributed by atoms with E-state index in [4.69, 9.17) is 5.11 Å². The Hall–Kier alpha value is -0.930. The second-order valence-corrected chi connectivity index (χ2v) is 3.52. The van der Waals surface area contributed by atoms with Crippen LogP contribution in [0.15, 0.2) is 24.5 Å². The molecule has 0 bridgehead atoms. The molecule has 1 atom stereocenters. The Labute approximate surface area is 85.2 Å². The molecule has 2 N–H and O–H groups in total. The van der Waals surface area contributed by atoms with E-state index in [2.05, 4.69) is 10.3 Å². The van der Waals surface area contributed by atoms with E-state index in [0.29, 0.717) is 0 Å². The van der Waals surface area contributed by atoms with Crippen LogP contribution >= 0.6 is 0 Å². The smallest absolute Gasteiger partial charge is 0.0512 e. The highest BCUT2D eigenvalue weighted by Gasteiger charge is 1.95. The second-order valence-electron chi connectivity index (χ2n) is 3.52. The van der Waals surface area contributed by atoms with Gasteiger partial charge in [-0.1, -0.05) is 0 Å². The lowest BCUT2D eigenvalue weighted by molar-refractivity contribution is 0.181. The fourth-order valence-electron chi connectivity index (χ4n) is 1.26. The summed E-state index contributed by atoms with van der Waals surface area (Å²) in [4.78, 5) is 3.95. The molecule has 0 fully saturated rings. The maximum atomic E-state index is 9.03. The zero-order valence-corrected chi connectivity index (χ0v) is 8.61. The van der Waals surface area contributed by atoms with Crippen LogP contribution in [-0.4, -0.2) is 22.7 Å². The third-order valence-corrected chi connectivity index (χ3v) is 2.05. The Morgan fingerprint density at radius 2 is 2.14 bits per heavy atom. The number of pyridine rings is 1. The van der Waals surface area contributed by atoms with E-state index < -0.39 is 0 Å². The van der Waals surface area contributed by atoms with E-state index in [0.717, 1.165) is 25.9 Å². The summed E-state index contributed by atoms with van der Waals surface area (Å²) < 4.78 is 0. The molecule has 1 rings (SSSR count). The van der Waals surface area contributed by atoms with Crippen molar-refractivity contribution in [2.45, 2.75) is 32.4 Å². The van der Waals surface area contributed by atoms with Crippen LogP contribution in [0.3, 0.4) is 0 Å². The lowest BCUT2D eigenvalue weighted by atomic mass is 10.2. The van der Waals surface area contributed by atoms with Crippen molar-refractivity contribution in [3.63, 3.8) is 0 Å². The van der Waals surface area contributed by atoms with Crippen LogP contribution in [0, 0.1) is 0 Å². The second kappa shape index (κ2) is 6.51. The summed E-state index contributed by atoms with van der Waals surface area (Å²) in [6, 6.07) is 4.00. The van der Waals surface area contributed by atoms with Gasteiger partial charge in [-0.15, -0.1) is 0 Å². The van der Waals surface area contributed by atoms with Crippen molar-refractivity contribution in [1.29, 1.82) is 0 Å². The third kappa shape index (κ3) is 4.94. The molecule has 0 saturated heterocycles. The average Bonchev–Trinajstić information content (AvgIpc) is 2.18. The van der Waals surface area contributed by atoms with Crippen LogP contribution in [0.5, 0.6) is 0 Å². The van der Waals surface area contributed by atoms with Gasteiger partial charge in [-0.2, -0.15) is 0 Å². The Morgan fingerprint density at radius 1 is 1.43 bits per heavy atom. The van der Waals surface area contributed by atoms with Gasteiger partial charge in [0.2, 0.25) is 0 Å². The van der Waals surface area contributed by atoms with Crippen LogP contribution in [0.4, 0.5) is 0 Å². The fourth-order valence-corrected chi connectivity index (χ4v) is 1.26. The van der Waals surface area contributed by atoms with Crippen LogP contribution in [0.25, 0.3) is 0 Å². The minimum absolute atomic E-state index is 0.183. The molecule has 0 spiro atoms. The summed E-state index contributed by atoms with van der Waals surface area (Å²) in [5.74, 6) is 0. The molecule has 0 aromatic carbocycles. The number of hydrogen-bond donors (Lipinski definition) is 2. The van der Waals surface area contributed by atoms with E-state index in [-0.39, 0.29) is 6.10 Å². The number of nitrogens with one attached hydrogen (secondary N) is 1. The van der Waals surface area contributed by atoms with Crippen molar-refractivity contribution < 1.29 is 5.11 Å². The molecule has 0 aliphatic carbocycles. The highest BCUT2D eigenvalue weighted by Crippen LogP contribution is 1.97. The van der Waals surface area contributed by atoms with Gasteiger partial charge >= 0.3 is 0 Å². The quantitative estimate of drug-likeness (QED) is 0.672. The van der Waals surface area contributed by atoms with Crippen molar-refractivity contribution in [3.8, 4) is 0 Å². The van der Waals surface area contributed by atoms with Gasteiger partial charge in [0, 0.05) is 18.9 Å². The predicted molar refractivity (Wildman–Crippen MR) is 56.9 cm³/mol. The van der Waals surface area contributed by atoms with E-state index in [1.54, 1.807) is 12.4 Å². The number of nitrogens with zero attached hydrogens (tertiary/aromatic N) is 1. The van der Waals surface area contributed by atoms with Crippen LogP contribution in [0.2, 0.25) is 0 Å². The Bertz CT molecular complexity index is 236. The number of aliphatic hydroxyl groups is 1. The van der Waals surface area contributed by atoms with Crippen LogP contribution in [-0.2, 0) is 6.54 Å². The van der Waals surface area contributed by atoms with E-state index in [1.807, 2.05) is 19.1 Å². The van der Waals surface area contributed by atoms with Gasteiger partial charge in [0.1, 0.15) is 0 Å². The maximum Gasteiger partial charge on any atom is 0.0512 e. The Kier molecular flexibility index (Phi) is 5.19. The number of hydrogen-bond acceptors (Lipinski definition) is 3. The molecule has 1 aromatic rings. The van der Waals surface area contributed by atoms with Crippen molar-refractivity contribution in [2.24, 2.45) is 0 Å². The number of rotatable bonds is 6. The molecule has 1 aromatic heterocycles. The Morgan fingerprint density at radius 3 is 2.79 bits per heavy atom. The minimum Gasteiger partial charge on any atom is -0.393 e. The van der Waals surface area contributed by atoms with Gasteiger partial charge in [0.05, 0.1) is 6.10 Å². The van der Waals surface area contributed by atoms with Crippen molar-refractivity contribution >= 4 is 0 Å². The molecule has 1 unspecified atom stereocenters. The van der Waals surface area contributed by atoms with Gasteiger partial charge in [-0.3, -0.25) is 4.98 Å². The minimum atomic E-state index is -0.183. The largest absolute Gasteiger partial charge is 0.393 e. The lowest BCUT2D eigenvalue weighted by Crippen LogP contribution is -2.16. The van der Waals surface area contributed by atoms with Gasteiger partial charge in [0.25, 0.3) is 0 Å². The molecule has 1 heterocycles. The van der Waals surface area contributed by atoms with Crippen LogP contribution < -0.4 is 5.32 Å². The van der Waals surface area contributed by atoms with E-state index in [9.17, 15) is 0 Å². The molecule has 0 aliphatic heterocycles. The van der Waals surface area contributed by atoms with Crippen molar-refractivity contribution in [2.75, 3.05) is 6.54 Å². The molecule has 3 heteroatoms. The molecule has 0 saturated carbocycles. The average molecular weight is 194 g/mol. The third-order valence-electron chi connectivity index (χ3n) is 2.05. The first kappa shape index (κ1) is 11.1. The lowest BCUT2D eigenvalue weighted by Gasteiger charge is -2.05. The summed E-state index contributed by atoms with van der Waals surface area (Å²) in [6.07, 6.45) is 5.30. The highest BCUT2D eigenvalue weighted by atomic mass is 16.3. The van der Waals surface area contributed by atoms with Gasteiger partial charge in [0.15, 0.2) is 0 Å². The highest BCUT2D eigenvalue weighted by molar-refractivity contribution is 5.08. The molecular formula is C11H18N2O.